The lowest BCUT2D eigenvalue weighted by atomic mass is 10.1. The summed E-state index contributed by atoms with van der Waals surface area (Å²) in [4.78, 5) is 14.8. The number of fused-ring (bicyclic) bond motifs is 1. The second-order valence-electron chi connectivity index (χ2n) is 3.38. The van der Waals surface area contributed by atoms with E-state index in [9.17, 15) is 4.79 Å². The van der Waals surface area contributed by atoms with Crippen LogP contribution in [0.25, 0.3) is 10.8 Å². The standard InChI is InChI=1S/C12H11N3O/c1-9(16)15-14-8-12-6-10-4-2-3-5-11(10)7-13-12/h2-8H,1H3,(H,15,16). The van der Waals surface area contributed by atoms with Gasteiger partial charge >= 0.3 is 0 Å². The van der Waals surface area contributed by atoms with Gasteiger partial charge in [-0.05, 0) is 11.5 Å². The van der Waals surface area contributed by atoms with Gasteiger partial charge in [-0.1, -0.05) is 24.3 Å². The first-order valence-corrected chi connectivity index (χ1v) is 4.90. The maximum absolute atomic E-state index is 10.6. The van der Waals surface area contributed by atoms with Crippen molar-refractivity contribution in [3.8, 4) is 0 Å². The number of carbonyl (C=O) groups excluding carboxylic acids is 1. The van der Waals surface area contributed by atoms with Crippen LogP contribution in [0.15, 0.2) is 41.6 Å². The summed E-state index contributed by atoms with van der Waals surface area (Å²) < 4.78 is 0. The van der Waals surface area contributed by atoms with Gasteiger partial charge < -0.3 is 0 Å². The Bertz CT molecular complexity index is 549. The SMILES string of the molecule is CC(=O)NN=Cc1cc2ccccc2cn1. The van der Waals surface area contributed by atoms with E-state index < -0.39 is 0 Å². The molecule has 1 heterocycles. The molecule has 0 aliphatic carbocycles. The molecule has 0 spiro atoms. The predicted molar refractivity (Wildman–Crippen MR) is 63.2 cm³/mol. The Hall–Kier alpha value is -2.23. The van der Waals surface area contributed by atoms with E-state index in [-0.39, 0.29) is 5.91 Å². The van der Waals surface area contributed by atoms with E-state index in [1.54, 1.807) is 6.20 Å². The van der Waals surface area contributed by atoms with Gasteiger partial charge in [0.15, 0.2) is 0 Å². The molecule has 0 saturated heterocycles. The molecule has 1 aromatic carbocycles. The van der Waals surface area contributed by atoms with Gasteiger partial charge in [0.25, 0.3) is 0 Å². The first-order chi connectivity index (χ1) is 7.75. The molecular weight excluding hydrogens is 202 g/mol. The molecule has 0 aliphatic rings. The Balaban J connectivity index is 2.26. The van der Waals surface area contributed by atoms with Crippen molar-refractivity contribution in [1.82, 2.24) is 10.4 Å². The van der Waals surface area contributed by atoms with Gasteiger partial charge in [-0.2, -0.15) is 5.10 Å². The molecule has 0 unspecified atom stereocenters. The topological polar surface area (TPSA) is 54.4 Å². The van der Waals surface area contributed by atoms with Gasteiger partial charge in [-0.25, -0.2) is 5.43 Å². The lowest BCUT2D eigenvalue weighted by Crippen LogP contribution is -2.12. The van der Waals surface area contributed by atoms with E-state index in [1.165, 1.54) is 13.1 Å². The van der Waals surface area contributed by atoms with E-state index in [2.05, 4.69) is 15.5 Å². The van der Waals surface area contributed by atoms with Crippen LogP contribution in [0.1, 0.15) is 12.6 Å². The summed E-state index contributed by atoms with van der Waals surface area (Å²) in [6.07, 6.45) is 3.30. The van der Waals surface area contributed by atoms with Crippen LogP contribution in [0.5, 0.6) is 0 Å². The summed E-state index contributed by atoms with van der Waals surface area (Å²) in [6, 6.07) is 9.86. The van der Waals surface area contributed by atoms with Crippen molar-refractivity contribution < 1.29 is 4.79 Å². The van der Waals surface area contributed by atoms with Crippen molar-refractivity contribution in [3.63, 3.8) is 0 Å². The molecular formula is C12H11N3O. The van der Waals surface area contributed by atoms with Crippen LogP contribution in [-0.2, 0) is 4.79 Å². The highest BCUT2D eigenvalue weighted by Crippen LogP contribution is 2.12. The zero-order valence-corrected chi connectivity index (χ0v) is 8.84. The molecule has 1 amide bonds. The smallest absolute Gasteiger partial charge is 0.236 e. The van der Waals surface area contributed by atoms with Crippen LogP contribution in [0.2, 0.25) is 0 Å². The van der Waals surface area contributed by atoms with Crippen molar-refractivity contribution in [3.05, 3.63) is 42.2 Å². The van der Waals surface area contributed by atoms with E-state index in [4.69, 9.17) is 0 Å². The minimum atomic E-state index is -0.197. The summed E-state index contributed by atoms with van der Waals surface area (Å²) in [7, 11) is 0. The highest BCUT2D eigenvalue weighted by atomic mass is 16.2. The normalized spacial score (nSPS) is 10.8. The number of pyridine rings is 1. The Morgan fingerprint density at radius 3 is 2.88 bits per heavy atom. The van der Waals surface area contributed by atoms with Crippen LogP contribution >= 0.6 is 0 Å². The maximum Gasteiger partial charge on any atom is 0.236 e. The minimum absolute atomic E-state index is 0.197. The average molecular weight is 213 g/mol. The fourth-order valence-corrected chi connectivity index (χ4v) is 1.36. The minimum Gasteiger partial charge on any atom is -0.274 e. The summed E-state index contributed by atoms with van der Waals surface area (Å²) in [6.45, 7) is 1.41. The second kappa shape index (κ2) is 4.53. The molecule has 2 rings (SSSR count). The Kier molecular flexibility index (Phi) is 2.91. The van der Waals surface area contributed by atoms with E-state index >= 15 is 0 Å². The highest BCUT2D eigenvalue weighted by molar-refractivity contribution is 5.88. The monoisotopic (exact) mass is 213 g/mol. The number of aromatic nitrogens is 1. The molecule has 4 nitrogen and oxygen atoms in total. The molecule has 0 aliphatic heterocycles. The van der Waals surface area contributed by atoms with Gasteiger partial charge in [0.2, 0.25) is 5.91 Å². The zero-order valence-electron chi connectivity index (χ0n) is 8.84. The number of nitrogens with zero attached hydrogens (tertiary/aromatic N) is 2. The van der Waals surface area contributed by atoms with Crippen molar-refractivity contribution in [2.45, 2.75) is 6.92 Å². The molecule has 1 N–H and O–H groups in total. The van der Waals surface area contributed by atoms with Gasteiger partial charge in [0.1, 0.15) is 0 Å². The zero-order chi connectivity index (χ0) is 11.4. The van der Waals surface area contributed by atoms with Gasteiger partial charge in [-0.3, -0.25) is 9.78 Å². The quantitative estimate of drug-likeness (QED) is 0.609. The molecule has 2 aromatic rings. The number of hydrazone groups is 1. The Labute approximate surface area is 93.0 Å². The molecule has 1 aromatic heterocycles. The third kappa shape index (κ3) is 2.42. The van der Waals surface area contributed by atoms with E-state index in [0.717, 1.165) is 10.8 Å². The van der Waals surface area contributed by atoms with Crippen LogP contribution in [0, 0.1) is 0 Å². The number of rotatable bonds is 2. The lowest BCUT2D eigenvalue weighted by Gasteiger charge is -1.97. The van der Waals surface area contributed by atoms with E-state index in [0.29, 0.717) is 5.69 Å². The van der Waals surface area contributed by atoms with Crippen LogP contribution in [-0.4, -0.2) is 17.1 Å². The molecule has 4 heteroatoms. The number of carbonyl (C=O) groups is 1. The summed E-state index contributed by atoms with van der Waals surface area (Å²) >= 11 is 0. The van der Waals surface area contributed by atoms with Crippen LogP contribution in [0.4, 0.5) is 0 Å². The summed E-state index contributed by atoms with van der Waals surface area (Å²) in [5.41, 5.74) is 3.05. The van der Waals surface area contributed by atoms with Crippen molar-refractivity contribution in [2.75, 3.05) is 0 Å². The molecule has 0 atom stereocenters. The summed E-state index contributed by atoms with van der Waals surface area (Å²) in [5.74, 6) is -0.197. The Morgan fingerprint density at radius 1 is 1.38 bits per heavy atom. The summed E-state index contributed by atoms with van der Waals surface area (Å²) in [5, 5.41) is 5.94. The maximum atomic E-state index is 10.6. The first kappa shape index (κ1) is 10.3. The van der Waals surface area contributed by atoms with E-state index in [1.807, 2.05) is 30.3 Å². The number of hydrogen-bond donors (Lipinski definition) is 1. The first-order valence-electron chi connectivity index (χ1n) is 4.90. The van der Waals surface area contributed by atoms with Crippen molar-refractivity contribution in [2.24, 2.45) is 5.10 Å². The molecule has 0 saturated carbocycles. The lowest BCUT2D eigenvalue weighted by molar-refractivity contribution is -0.118. The van der Waals surface area contributed by atoms with Gasteiger partial charge in [0, 0.05) is 18.5 Å². The fourth-order valence-electron chi connectivity index (χ4n) is 1.36. The number of amides is 1. The third-order valence-electron chi connectivity index (χ3n) is 2.07. The fraction of sp³-hybridized carbons (Fsp3) is 0.0833. The number of benzene rings is 1. The van der Waals surface area contributed by atoms with Crippen molar-refractivity contribution in [1.29, 1.82) is 0 Å². The average Bonchev–Trinajstić information content (AvgIpc) is 2.28. The second-order valence-corrected chi connectivity index (χ2v) is 3.38. The van der Waals surface area contributed by atoms with Crippen molar-refractivity contribution >= 4 is 22.9 Å². The molecule has 0 bridgehead atoms. The largest absolute Gasteiger partial charge is 0.274 e. The van der Waals surface area contributed by atoms with Gasteiger partial charge in [0.05, 0.1) is 11.9 Å². The molecule has 0 fully saturated rings. The van der Waals surface area contributed by atoms with Crippen LogP contribution in [0.3, 0.4) is 0 Å². The molecule has 16 heavy (non-hydrogen) atoms. The highest BCUT2D eigenvalue weighted by Gasteiger charge is 1.94. The number of hydrogen-bond acceptors (Lipinski definition) is 3. The third-order valence-corrected chi connectivity index (χ3v) is 2.07. The molecule has 80 valence electrons. The van der Waals surface area contributed by atoms with Gasteiger partial charge in [-0.15, -0.1) is 0 Å². The molecule has 0 radical (unpaired) electrons. The Morgan fingerprint density at radius 2 is 2.12 bits per heavy atom. The number of nitrogens with one attached hydrogen (secondary N) is 1. The van der Waals surface area contributed by atoms with Crippen LogP contribution < -0.4 is 5.43 Å². The predicted octanol–water partition coefficient (Wildman–Crippen LogP) is 1.70.